The van der Waals surface area contributed by atoms with Gasteiger partial charge in [0, 0.05) is 17.5 Å². The first-order valence-corrected chi connectivity index (χ1v) is 10.8. The first-order valence-electron chi connectivity index (χ1n) is 8.83. The summed E-state index contributed by atoms with van der Waals surface area (Å²) in [5.74, 6) is 1.87. The molecule has 2 aromatic rings. The second-order valence-electron chi connectivity index (χ2n) is 5.99. The van der Waals surface area contributed by atoms with Crippen molar-refractivity contribution in [3.63, 3.8) is 0 Å². The summed E-state index contributed by atoms with van der Waals surface area (Å²) < 4.78 is 33.9. The minimum Gasteiger partial charge on any atom is -0.496 e. The molecule has 0 aliphatic heterocycles. The van der Waals surface area contributed by atoms with E-state index in [0.717, 1.165) is 5.56 Å². The van der Waals surface area contributed by atoms with E-state index in [2.05, 4.69) is 5.32 Å². The van der Waals surface area contributed by atoms with Crippen LogP contribution < -0.4 is 24.3 Å². The lowest BCUT2D eigenvalue weighted by Crippen LogP contribution is -2.13. The van der Waals surface area contributed by atoms with Crippen LogP contribution in [0.1, 0.15) is 11.1 Å². The molecule has 0 saturated heterocycles. The molecule has 1 amide bonds. The molecule has 7 nitrogen and oxygen atoms in total. The molecular weight excluding hydrogens is 430 g/mol. The van der Waals surface area contributed by atoms with E-state index in [4.69, 9.17) is 30.5 Å². The maximum Gasteiger partial charge on any atom is 0.239 e. The van der Waals surface area contributed by atoms with Gasteiger partial charge in [-0.25, -0.2) is 0 Å². The SMILES string of the molecule is COc1cc(OC)c(C=CS(=O)Cc2ccc(OC)c(NC(=O)CCl)c2)c(OC)c1. The van der Waals surface area contributed by atoms with Crippen LogP contribution in [-0.4, -0.2) is 44.4 Å². The molecule has 30 heavy (non-hydrogen) atoms. The van der Waals surface area contributed by atoms with Crippen LogP contribution in [0.25, 0.3) is 6.08 Å². The molecule has 0 spiro atoms. The lowest BCUT2D eigenvalue weighted by Gasteiger charge is -2.12. The van der Waals surface area contributed by atoms with E-state index in [0.29, 0.717) is 34.2 Å². The molecule has 0 bridgehead atoms. The van der Waals surface area contributed by atoms with E-state index >= 15 is 0 Å². The number of hydrogen-bond acceptors (Lipinski definition) is 6. The van der Waals surface area contributed by atoms with E-state index in [-0.39, 0.29) is 17.5 Å². The Morgan fingerprint density at radius 2 is 1.63 bits per heavy atom. The summed E-state index contributed by atoms with van der Waals surface area (Å²) in [6, 6.07) is 8.65. The molecule has 0 radical (unpaired) electrons. The molecule has 2 rings (SSSR count). The monoisotopic (exact) mass is 453 g/mol. The Labute approximate surface area is 183 Å². The third kappa shape index (κ3) is 6.14. The van der Waals surface area contributed by atoms with Gasteiger partial charge >= 0.3 is 0 Å². The van der Waals surface area contributed by atoms with E-state index in [9.17, 15) is 9.00 Å². The Hall–Kier alpha value is -2.71. The summed E-state index contributed by atoms with van der Waals surface area (Å²) in [6.07, 6.45) is 1.69. The molecule has 0 aliphatic carbocycles. The summed E-state index contributed by atoms with van der Waals surface area (Å²) in [7, 11) is 4.80. The number of hydrogen-bond donors (Lipinski definition) is 1. The number of halogens is 1. The summed E-state index contributed by atoms with van der Waals surface area (Å²) in [5.41, 5.74) is 1.89. The van der Waals surface area contributed by atoms with Crippen molar-refractivity contribution in [2.24, 2.45) is 0 Å². The van der Waals surface area contributed by atoms with Crippen LogP contribution in [-0.2, 0) is 21.3 Å². The molecule has 0 fully saturated rings. The van der Waals surface area contributed by atoms with Gasteiger partial charge in [-0.3, -0.25) is 9.00 Å². The highest BCUT2D eigenvalue weighted by atomic mass is 35.5. The quantitative estimate of drug-likeness (QED) is 0.551. The van der Waals surface area contributed by atoms with Gasteiger partial charge in [0.05, 0.1) is 56.2 Å². The number of alkyl halides is 1. The number of carbonyl (C=O) groups is 1. The van der Waals surface area contributed by atoms with E-state index in [1.807, 2.05) is 0 Å². The molecule has 2 aromatic carbocycles. The minimum absolute atomic E-state index is 0.173. The van der Waals surface area contributed by atoms with Crippen LogP contribution >= 0.6 is 11.6 Å². The summed E-state index contributed by atoms with van der Waals surface area (Å²) >= 11 is 5.55. The summed E-state index contributed by atoms with van der Waals surface area (Å²) in [5, 5.41) is 4.23. The van der Waals surface area contributed by atoms with Crippen molar-refractivity contribution >= 4 is 40.1 Å². The molecule has 1 N–H and O–H groups in total. The maximum atomic E-state index is 12.6. The fraction of sp³-hybridized carbons (Fsp3) is 0.286. The molecule has 0 aliphatic rings. The molecular formula is C21H24ClNO6S. The van der Waals surface area contributed by atoms with Gasteiger partial charge in [-0.2, -0.15) is 0 Å². The topological polar surface area (TPSA) is 83.1 Å². The highest BCUT2D eigenvalue weighted by Gasteiger charge is 2.12. The van der Waals surface area contributed by atoms with Crippen molar-refractivity contribution in [1.82, 2.24) is 0 Å². The number of ether oxygens (including phenoxy) is 4. The average Bonchev–Trinajstić information content (AvgIpc) is 2.77. The molecule has 1 unspecified atom stereocenters. The van der Waals surface area contributed by atoms with Crippen LogP contribution in [0.15, 0.2) is 35.7 Å². The van der Waals surface area contributed by atoms with Gasteiger partial charge in [0.1, 0.15) is 28.9 Å². The second-order valence-corrected chi connectivity index (χ2v) is 7.58. The minimum atomic E-state index is -1.33. The standard InChI is InChI=1S/C21H24ClNO6S/c1-26-15-10-19(28-3)16(20(11-15)29-4)7-8-30(25)13-14-5-6-18(27-2)17(9-14)23-21(24)12-22/h5-11H,12-13H2,1-4H3,(H,23,24). The normalized spacial score (nSPS) is 11.8. The van der Waals surface area contributed by atoms with E-state index in [1.54, 1.807) is 48.9 Å². The Kier molecular flexibility index (Phi) is 9.01. The van der Waals surface area contributed by atoms with E-state index in [1.165, 1.54) is 21.3 Å². The number of amides is 1. The maximum absolute atomic E-state index is 12.6. The van der Waals surface area contributed by atoms with Crippen LogP contribution in [0, 0.1) is 0 Å². The van der Waals surface area contributed by atoms with Gasteiger partial charge in [0.25, 0.3) is 0 Å². The average molecular weight is 454 g/mol. The molecule has 0 saturated carbocycles. The Morgan fingerprint density at radius 3 is 2.17 bits per heavy atom. The van der Waals surface area contributed by atoms with Crippen LogP contribution in [0.4, 0.5) is 5.69 Å². The Bertz CT molecular complexity index is 922. The zero-order valence-electron chi connectivity index (χ0n) is 17.2. The van der Waals surface area contributed by atoms with Crippen molar-refractivity contribution in [2.75, 3.05) is 39.6 Å². The first-order chi connectivity index (χ1) is 14.4. The van der Waals surface area contributed by atoms with Crippen LogP contribution in [0.5, 0.6) is 23.0 Å². The van der Waals surface area contributed by atoms with Gasteiger partial charge in [0.15, 0.2) is 0 Å². The van der Waals surface area contributed by atoms with Gasteiger partial charge in [-0.15, -0.1) is 11.6 Å². The van der Waals surface area contributed by atoms with Crippen LogP contribution in [0.3, 0.4) is 0 Å². The van der Waals surface area contributed by atoms with Gasteiger partial charge in [-0.1, -0.05) is 6.07 Å². The predicted octanol–water partition coefficient (Wildman–Crippen LogP) is 3.82. The number of nitrogens with one attached hydrogen (secondary N) is 1. The van der Waals surface area contributed by atoms with E-state index < -0.39 is 10.8 Å². The van der Waals surface area contributed by atoms with Gasteiger partial charge in [0.2, 0.25) is 5.91 Å². The molecule has 162 valence electrons. The van der Waals surface area contributed by atoms with Gasteiger partial charge < -0.3 is 24.3 Å². The summed E-state index contributed by atoms with van der Waals surface area (Å²) in [6.45, 7) is 0. The van der Waals surface area contributed by atoms with Crippen molar-refractivity contribution in [1.29, 1.82) is 0 Å². The largest absolute Gasteiger partial charge is 0.496 e. The number of benzene rings is 2. The third-order valence-electron chi connectivity index (χ3n) is 4.11. The third-order valence-corrected chi connectivity index (χ3v) is 5.41. The highest BCUT2D eigenvalue weighted by molar-refractivity contribution is 7.87. The zero-order chi connectivity index (χ0) is 22.1. The number of rotatable bonds is 10. The van der Waals surface area contributed by atoms with Crippen molar-refractivity contribution < 1.29 is 28.0 Å². The van der Waals surface area contributed by atoms with Crippen LogP contribution in [0.2, 0.25) is 0 Å². The smallest absolute Gasteiger partial charge is 0.239 e. The van der Waals surface area contributed by atoms with Gasteiger partial charge in [-0.05, 0) is 23.8 Å². The fourth-order valence-corrected chi connectivity index (χ4v) is 3.64. The molecule has 9 heteroatoms. The highest BCUT2D eigenvalue weighted by Crippen LogP contribution is 2.35. The fourth-order valence-electron chi connectivity index (χ4n) is 2.68. The number of carbonyl (C=O) groups excluding carboxylic acids is 1. The molecule has 0 aromatic heterocycles. The van der Waals surface area contributed by atoms with Crippen molar-refractivity contribution in [2.45, 2.75) is 5.75 Å². The Morgan fingerprint density at radius 1 is 1.00 bits per heavy atom. The first kappa shape index (κ1) is 23.6. The zero-order valence-corrected chi connectivity index (χ0v) is 18.8. The van der Waals surface area contributed by atoms with Crippen molar-refractivity contribution in [3.8, 4) is 23.0 Å². The molecule has 0 heterocycles. The second kappa shape index (κ2) is 11.5. The number of anilines is 1. The number of methoxy groups -OCH3 is 4. The Balaban J connectivity index is 2.22. The van der Waals surface area contributed by atoms with Crippen molar-refractivity contribution in [3.05, 3.63) is 46.9 Å². The lowest BCUT2D eigenvalue weighted by atomic mass is 10.1. The summed E-state index contributed by atoms with van der Waals surface area (Å²) in [4.78, 5) is 11.6. The molecule has 1 atom stereocenters. The lowest BCUT2D eigenvalue weighted by molar-refractivity contribution is -0.113. The predicted molar refractivity (Wildman–Crippen MR) is 119 cm³/mol.